The highest BCUT2D eigenvalue weighted by atomic mass is 15.3. The summed E-state index contributed by atoms with van der Waals surface area (Å²) in [6.45, 7) is 4.93. The van der Waals surface area contributed by atoms with E-state index in [1.165, 1.54) is 11.1 Å². The van der Waals surface area contributed by atoms with Crippen molar-refractivity contribution in [1.82, 2.24) is 14.8 Å². The Morgan fingerprint density at radius 3 is 2.81 bits per heavy atom. The smallest absolute Gasteiger partial charge is 0.151 e. The lowest BCUT2D eigenvalue weighted by atomic mass is 10.1. The molecule has 0 radical (unpaired) electrons. The molecule has 0 saturated heterocycles. The fourth-order valence-corrected chi connectivity index (χ4v) is 1.58. The van der Waals surface area contributed by atoms with E-state index in [4.69, 9.17) is 0 Å². The average molecular weight is 216 g/mol. The number of hydrogen-bond donors (Lipinski definition) is 1. The molecule has 0 amide bonds. The van der Waals surface area contributed by atoms with Gasteiger partial charge in [-0.3, -0.25) is 0 Å². The summed E-state index contributed by atoms with van der Waals surface area (Å²) < 4.78 is 1.91. The third-order valence-electron chi connectivity index (χ3n) is 2.85. The van der Waals surface area contributed by atoms with Crippen molar-refractivity contribution in [3.8, 4) is 0 Å². The van der Waals surface area contributed by atoms with Gasteiger partial charge in [-0.2, -0.15) is 0 Å². The van der Waals surface area contributed by atoms with E-state index in [0.29, 0.717) is 6.54 Å². The molecule has 1 aromatic carbocycles. The van der Waals surface area contributed by atoms with E-state index >= 15 is 0 Å². The molecule has 1 N–H and O–H groups in total. The summed E-state index contributed by atoms with van der Waals surface area (Å²) in [6.07, 6.45) is 1.71. The fourth-order valence-electron chi connectivity index (χ4n) is 1.58. The Labute approximate surface area is 95.3 Å². The zero-order valence-electron chi connectivity index (χ0n) is 9.86. The summed E-state index contributed by atoms with van der Waals surface area (Å²) in [5.41, 5.74) is 3.73. The van der Waals surface area contributed by atoms with Gasteiger partial charge in [0.2, 0.25) is 0 Å². The van der Waals surface area contributed by atoms with E-state index in [2.05, 4.69) is 47.6 Å². The number of rotatable bonds is 3. The van der Waals surface area contributed by atoms with Gasteiger partial charge in [0.05, 0.1) is 6.54 Å². The van der Waals surface area contributed by atoms with Gasteiger partial charge in [-0.15, -0.1) is 10.2 Å². The number of nitrogens with one attached hydrogen (secondary N) is 1. The van der Waals surface area contributed by atoms with Crippen LogP contribution in [0.25, 0.3) is 0 Å². The first kappa shape index (κ1) is 10.7. The van der Waals surface area contributed by atoms with Crippen molar-refractivity contribution in [2.45, 2.75) is 20.4 Å². The lowest BCUT2D eigenvalue weighted by molar-refractivity contribution is 0.812. The van der Waals surface area contributed by atoms with Gasteiger partial charge in [-0.1, -0.05) is 12.1 Å². The van der Waals surface area contributed by atoms with Crippen LogP contribution in [0.15, 0.2) is 24.5 Å². The molecule has 4 heteroatoms. The second kappa shape index (κ2) is 4.35. The zero-order chi connectivity index (χ0) is 11.5. The van der Waals surface area contributed by atoms with Crippen LogP contribution in [0, 0.1) is 13.8 Å². The largest absolute Gasteiger partial charge is 0.378 e. The van der Waals surface area contributed by atoms with Crippen molar-refractivity contribution in [1.29, 1.82) is 0 Å². The monoisotopic (exact) mass is 216 g/mol. The second-order valence-electron chi connectivity index (χ2n) is 3.96. The van der Waals surface area contributed by atoms with E-state index < -0.39 is 0 Å². The van der Waals surface area contributed by atoms with Gasteiger partial charge in [-0.05, 0) is 31.0 Å². The van der Waals surface area contributed by atoms with Crippen molar-refractivity contribution < 1.29 is 0 Å². The van der Waals surface area contributed by atoms with Gasteiger partial charge in [0, 0.05) is 12.7 Å². The van der Waals surface area contributed by atoms with Crippen LogP contribution in [0.5, 0.6) is 0 Å². The van der Waals surface area contributed by atoms with Crippen LogP contribution in [0.3, 0.4) is 0 Å². The Bertz CT molecular complexity index is 488. The Morgan fingerprint density at radius 1 is 1.31 bits per heavy atom. The van der Waals surface area contributed by atoms with E-state index in [-0.39, 0.29) is 0 Å². The highest BCUT2D eigenvalue weighted by molar-refractivity contribution is 5.53. The molecule has 2 aromatic rings. The molecule has 0 saturated carbocycles. The molecule has 0 aliphatic heterocycles. The molecule has 16 heavy (non-hydrogen) atoms. The fraction of sp³-hybridized carbons (Fsp3) is 0.333. The number of anilines is 1. The predicted molar refractivity (Wildman–Crippen MR) is 64.2 cm³/mol. The normalized spacial score (nSPS) is 10.4. The Hall–Kier alpha value is -1.84. The Balaban J connectivity index is 2.11. The first-order chi connectivity index (χ1) is 7.68. The molecule has 0 spiro atoms. The number of hydrogen-bond acceptors (Lipinski definition) is 3. The molecule has 0 atom stereocenters. The van der Waals surface area contributed by atoms with Crippen molar-refractivity contribution in [3.05, 3.63) is 41.5 Å². The minimum Gasteiger partial charge on any atom is -0.378 e. The van der Waals surface area contributed by atoms with Crippen LogP contribution in [0.2, 0.25) is 0 Å². The SMILES string of the molecule is Cc1cccc(NCc2nncn2C)c1C. The first-order valence-electron chi connectivity index (χ1n) is 5.31. The molecule has 0 bridgehead atoms. The molecule has 0 fully saturated rings. The van der Waals surface area contributed by atoms with Crippen molar-refractivity contribution in [3.63, 3.8) is 0 Å². The molecule has 84 valence electrons. The number of nitrogens with zero attached hydrogens (tertiary/aromatic N) is 3. The molecule has 0 aliphatic rings. The maximum absolute atomic E-state index is 4.03. The van der Waals surface area contributed by atoms with Crippen LogP contribution >= 0.6 is 0 Å². The second-order valence-corrected chi connectivity index (χ2v) is 3.96. The summed E-state index contributed by atoms with van der Waals surface area (Å²) in [6, 6.07) is 6.25. The lowest BCUT2D eigenvalue weighted by Crippen LogP contribution is -2.06. The third-order valence-corrected chi connectivity index (χ3v) is 2.85. The Morgan fingerprint density at radius 2 is 2.12 bits per heavy atom. The first-order valence-corrected chi connectivity index (χ1v) is 5.31. The van der Waals surface area contributed by atoms with Gasteiger partial charge in [0.25, 0.3) is 0 Å². The van der Waals surface area contributed by atoms with Gasteiger partial charge in [-0.25, -0.2) is 0 Å². The summed E-state index contributed by atoms with van der Waals surface area (Å²) >= 11 is 0. The maximum Gasteiger partial charge on any atom is 0.151 e. The summed E-state index contributed by atoms with van der Waals surface area (Å²) in [4.78, 5) is 0. The molecule has 4 nitrogen and oxygen atoms in total. The summed E-state index contributed by atoms with van der Waals surface area (Å²) in [5.74, 6) is 0.931. The number of benzene rings is 1. The zero-order valence-corrected chi connectivity index (χ0v) is 9.86. The third kappa shape index (κ3) is 2.05. The van der Waals surface area contributed by atoms with E-state index in [0.717, 1.165) is 11.5 Å². The minimum absolute atomic E-state index is 0.695. The average Bonchev–Trinajstić information content (AvgIpc) is 2.67. The van der Waals surface area contributed by atoms with E-state index in [9.17, 15) is 0 Å². The molecular weight excluding hydrogens is 200 g/mol. The van der Waals surface area contributed by atoms with Gasteiger partial charge < -0.3 is 9.88 Å². The topological polar surface area (TPSA) is 42.7 Å². The van der Waals surface area contributed by atoms with Crippen molar-refractivity contribution in [2.75, 3.05) is 5.32 Å². The molecule has 0 unspecified atom stereocenters. The van der Waals surface area contributed by atoms with E-state index in [1.807, 2.05) is 11.6 Å². The highest BCUT2D eigenvalue weighted by Gasteiger charge is 2.03. The summed E-state index contributed by atoms with van der Waals surface area (Å²) in [7, 11) is 1.94. The van der Waals surface area contributed by atoms with Crippen LogP contribution in [0.4, 0.5) is 5.69 Å². The molecular formula is C12H16N4. The standard InChI is InChI=1S/C12H16N4/c1-9-5-4-6-11(10(9)2)13-7-12-15-14-8-16(12)3/h4-6,8,13H,7H2,1-3H3. The Kier molecular flexibility index (Phi) is 2.90. The van der Waals surface area contributed by atoms with Crippen LogP contribution < -0.4 is 5.32 Å². The van der Waals surface area contributed by atoms with Crippen molar-refractivity contribution >= 4 is 5.69 Å². The lowest BCUT2D eigenvalue weighted by Gasteiger charge is -2.10. The minimum atomic E-state index is 0.695. The quantitative estimate of drug-likeness (QED) is 0.853. The molecule has 2 rings (SSSR count). The maximum atomic E-state index is 4.03. The molecule has 1 heterocycles. The van der Waals surface area contributed by atoms with Crippen molar-refractivity contribution in [2.24, 2.45) is 7.05 Å². The highest BCUT2D eigenvalue weighted by Crippen LogP contribution is 2.18. The number of aromatic nitrogens is 3. The summed E-state index contributed by atoms with van der Waals surface area (Å²) in [5, 5.41) is 11.3. The molecule has 0 aliphatic carbocycles. The van der Waals surface area contributed by atoms with Gasteiger partial charge in [0.15, 0.2) is 5.82 Å². The van der Waals surface area contributed by atoms with Crippen LogP contribution in [0.1, 0.15) is 17.0 Å². The van der Waals surface area contributed by atoms with Crippen LogP contribution in [-0.4, -0.2) is 14.8 Å². The van der Waals surface area contributed by atoms with Gasteiger partial charge >= 0.3 is 0 Å². The predicted octanol–water partition coefficient (Wildman–Crippen LogP) is 2.04. The van der Waals surface area contributed by atoms with Crippen LogP contribution in [-0.2, 0) is 13.6 Å². The van der Waals surface area contributed by atoms with Gasteiger partial charge in [0.1, 0.15) is 6.33 Å². The van der Waals surface area contributed by atoms with E-state index in [1.54, 1.807) is 6.33 Å². The molecule has 1 aromatic heterocycles. The number of aryl methyl sites for hydroxylation is 2.